The molecule has 0 fully saturated rings. The van der Waals surface area contributed by atoms with Crippen molar-refractivity contribution in [3.05, 3.63) is 69.9 Å². The molecule has 0 unspecified atom stereocenters. The van der Waals surface area contributed by atoms with Gasteiger partial charge >= 0.3 is 5.97 Å². The van der Waals surface area contributed by atoms with Crippen LogP contribution in [0.4, 0.5) is 5.69 Å². The van der Waals surface area contributed by atoms with Crippen LogP contribution in [0.25, 0.3) is 22.0 Å². The first-order chi connectivity index (χ1) is 13.9. The van der Waals surface area contributed by atoms with Gasteiger partial charge in [-0.15, -0.1) is 0 Å². The van der Waals surface area contributed by atoms with E-state index < -0.39 is 5.97 Å². The summed E-state index contributed by atoms with van der Waals surface area (Å²) in [6, 6.07) is 13.7. The van der Waals surface area contributed by atoms with Gasteiger partial charge in [-0.25, -0.2) is 0 Å². The molecule has 1 N–H and O–H groups in total. The lowest BCUT2D eigenvalue weighted by atomic mass is 9.99. The zero-order valence-corrected chi connectivity index (χ0v) is 17.5. The first-order valence-corrected chi connectivity index (χ1v) is 10.2. The molecule has 0 bridgehead atoms. The van der Waals surface area contributed by atoms with Crippen LogP contribution in [0.2, 0.25) is 10.0 Å². The highest BCUT2D eigenvalue weighted by Gasteiger charge is 2.19. The van der Waals surface area contributed by atoms with Gasteiger partial charge in [0.15, 0.2) is 0 Å². The summed E-state index contributed by atoms with van der Waals surface area (Å²) in [5.74, 6) is -0.778. The number of aromatic nitrogens is 1. The van der Waals surface area contributed by atoms with Crippen molar-refractivity contribution >= 4 is 45.8 Å². The number of rotatable bonds is 4. The van der Waals surface area contributed by atoms with E-state index in [9.17, 15) is 4.79 Å². The third kappa shape index (κ3) is 4.09. The molecule has 29 heavy (non-hydrogen) atoms. The van der Waals surface area contributed by atoms with Crippen molar-refractivity contribution in [2.45, 2.75) is 19.8 Å². The van der Waals surface area contributed by atoms with Crippen LogP contribution in [0.15, 0.2) is 54.1 Å². The van der Waals surface area contributed by atoms with E-state index in [2.05, 4.69) is 17.0 Å². The Morgan fingerprint density at radius 2 is 2.00 bits per heavy atom. The molecule has 0 atom stereocenters. The average molecular weight is 427 g/mol. The summed E-state index contributed by atoms with van der Waals surface area (Å²) in [7, 11) is 0. The lowest BCUT2D eigenvalue weighted by molar-refractivity contribution is -0.136. The van der Waals surface area contributed by atoms with Crippen LogP contribution < -0.4 is 4.90 Å². The summed E-state index contributed by atoms with van der Waals surface area (Å²) in [5.41, 5.74) is 5.76. The van der Waals surface area contributed by atoms with Crippen LogP contribution in [0.5, 0.6) is 0 Å². The van der Waals surface area contributed by atoms with Gasteiger partial charge in [-0.2, -0.15) is 0 Å². The second-order valence-electron chi connectivity index (χ2n) is 7.24. The fourth-order valence-corrected chi connectivity index (χ4v) is 4.34. The minimum absolute atomic E-state index is 0.114. The number of halogens is 2. The maximum Gasteiger partial charge on any atom is 0.307 e. The number of hydrogen-bond acceptors (Lipinski definition) is 3. The van der Waals surface area contributed by atoms with E-state index in [1.54, 1.807) is 6.07 Å². The van der Waals surface area contributed by atoms with Gasteiger partial charge in [-0.05, 0) is 31.5 Å². The highest BCUT2D eigenvalue weighted by molar-refractivity contribution is 6.36. The van der Waals surface area contributed by atoms with E-state index in [0.717, 1.165) is 51.9 Å². The van der Waals surface area contributed by atoms with Gasteiger partial charge in [0.25, 0.3) is 0 Å². The van der Waals surface area contributed by atoms with Crippen LogP contribution >= 0.6 is 23.2 Å². The number of pyridine rings is 1. The predicted molar refractivity (Wildman–Crippen MR) is 119 cm³/mol. The molecule has 4 rings (SSSR count). The third-order valence-corrected chi connectivity index (χ3v) is 5.74. The second kappa shape index (κ2) is 8.05. The zero-order valence-electron chi connectivity index (χ0n) is 16.0. The van der Waals surface area contributed by atoms with Crippen molar-refractivity contribution < 1.29 is 9.90 Å². The molecule has 2 aromatic carbocycles. The van der Waals surface area contributed by atoms with Crippen molar-refractivity contribution in [3.8, 4) is 11.1 Å². The fourth-order valence-electron chi connectivity index (χ4n) is 3.83. The number of hydrogen-bond donors (Lipinski definition) is 1. The van der Waals surface area contributed by atoms with Gasteiger partial charge in [-0.3, -0.25) is 9.78 Å². The van der Waals surface area contributed by atoms with Gasteiger partial charge < -0.3 is 10.0 Å². The SMILES string of the molecule is Cc1cc(N2CC=C(CC(=O)O)CC2)c2cccc(-c3ccc(Cl)cc3Cl)c2n1. The number of nitrogens with zero attached hydrogens (tertiary/aromatic N) is 2. The number of para-hydroxylation sites is 1. The Bertz CT molecular complexity index is 1140. The number of aryl methyl sites for hydroxylation is 1. The quantitative estimate of drug-likeness (QED) is 0.509. The van der Waals surface area contributed by atoms with Crippen LogP contribution in [0, 0.1) is 6.92 Å². The van der Waals surface area contributed by atoms with Crippen molar-refractivity contribution in [1.82, 2.24) is 4.98 Å². The lowest BCUT2D eigenvalue weighted by Crippen LogP contribution is -2.29. The molecule has 0 saturated heterocycles. The first-order valence-electron chi connectivity index (χ1n) is 9.43. The summed E-state index contributed by atoms with van der Waals surface area (Å²) in [4.78, 5) is 18.1. The van der Waals surface area contributed by atoms with Crippen LogP contribution in [0.3, 0.4) is 0 Å². The summed E-state index contributed by atoms with van der Waals surface area (Å²) >= 11 is 12.5. The Kier molecular flexibility index (Phi) is 5.48. The van der Waals surface area contributed by atoms with Gasteiger partial charge in [-0.1, -0.05) is 59.1 Å². The molecule has 0 radical (unpaired) electrons. The van der Waals surface area contributed by atoms with Crippen molar-refractivity contribution in [3.63, 3.8) is 0 Å². The first kappa shape index (κ1) is 19.7. The maximum absolute atomic E-state index is 11.0. The number of carboxylic acid groups (broad SMARTS) is 1. The third-order valence-electron chi connectivity index (χ3n) is 5.19. The fraction of sp³-hybridized carbons (Fsp3) is 0.217. The van der Waals surface area contributed by atoms with E-state index >= 15 is 0 Å². The van der Waals surface area contributed by atoms with Crippen LogP contribution in [-0.4, -0.2) is 29.1 Å². The minimum atomic E-state index is -0.778. The van der Waals surface area contributed by atoms with Crippen LogP contribution in [-0.2, 0) is 4.79 Å². The molecule has 0 amide bonds. The topological polar surface area (TPSA) is 53.4 Å². The Labute approximate surface area is 179 Å². The minimum Gasteiger partial charge on any atom is -0.481 e. The Balaban J connectivity index is 1.79. The molecule has 0 spiro atoms. The van der Waals surface area contributed by atoms with Crippen LogP contribution in [0.1, 0.15) is 18.5 Å². The molecule has 1 aliphatic heterocycles. The zero-order chi connectivity index (χ0) is 20.5. The number of benzene rings is 2. The molecule has 0 saturated carbocycles. The van der Waals surface area contributed by atoms with Crippen molar-refractivity contribution in [2.24, 2.45) is 0 Å². The number of fused-ring (bicyclic) bond motifs is 1. The number of anilines is 1. The number of carbonyl (C=O) groups is 1. The lowest BCUT2D eigenvalue weighted by Gasteiger charge is -2.29. The molecular formula is C23H20Cl2N2O2. The standard InChI is InChI=1S/C23H20Cl2N2O2/c1-14-11-21(27-9-7-15(8-10-27)12-22(28)29)19-4-2-3-18(23(19)26-14)17-6-5-16(24)13-20(17)25/h2-7,11,13H,8-10,12H2,1H3,(H,28,29). The van der Waals surface area contributed by atoms with Gasteiger partial charge in [0.1, 0.15) is 0 Å². The van der Waals surface area contributed by atoms with Gasteiger partial charge in [0.05, 0.1) is 11.9 Å². The molecule has 0 aliphatic carbocycles. The Morgan fingerprint density at radius 3 is 2.69 bits per heavy atom. The maximum atomic E-state index is 11.0. The molecule has 4 nitrogen and oxygen atoms in total. The van der Waals surface area contributed by atoms with Crippen molar-refractivity contribution in [1.29, 1.82) is 0 Å². The van der Waals surface area contributed by atoms with E-state index in [-0.39, 0.29) is 6.42 Å². The Morgan fingerprint density at radius 1 is 1.17 bits per heavy atom. The average Bonchev–Trinajstić information content (AvgIpc) is 2.67. The highest BCUT2D eigenvalue weighted by atomic mass is 35.5. The summed E-state index contributed by atoms with van der Waals surface area (Å²) in [5, 5.41) is 11.3. The molecule has 1 aromatic heterocycles. The second-order valence-corrected chi connectivity index (χ2v) is 8.08. The highest BCUT2D eigenvalue weighted by Crippen LogP contribution is 2.38. The number of carboxylic acids is 1. The van der Waals surface area contributed by atoms with E-state index in [0.29, 0.717) is 16.6 Å². The largest absolute Gasteiger partial charge is 0.481 e. The molecule has 3 aromatic rings. The molecule has 148 valence electrons. The predicted octanol–water partition coefficient (Wildman–Crippen LogP) is 6.13. The molecule has 6 heteroatoms. The van der Waals surface area contributed by atoms with Crippen molar-refractivity contribution in [2.75, 3.05) is 18.0 Å². The summed E-state index contributed by atoms with van der Waals surface area (Å²) < 4.78 is 0. The van der Waals surface area contributed by atoms with Gasteiger partial charge in [0.2, 0.25) is 0 Å². The summed E-state index contributed by atoms with van der Waals surface area (Å²) in [6.07, 6.45) is 2.89. The smallest absolute Gasteiger partial charge is 0.307 e. The number of aliphatic carboxylic acids is 1. The monoisotopic (exact) mass is 426 g/mol. The van der Waals surface area contributed by atoms with E-state index in [1.807, 2.05) is 37.3 Å². The Hall–Kier alpha value is -2.56. The van der Waals surface area contributed by atoms with E-state index in [4.69, 9.17) is 33.3 Å². The van der Waals surface area contributed by atoms with Gasteiger partial charge in [0, 0.05) is 51.0 Å². The summed E-state index contributed by atoms with van der Waals surface area (Å²) in [6.45, 7) is 3.45. The molecule has 1 aliphatic rings. The molecule has 2 heterocycles. The molecular weight excluding hydrogens is 407 g/mol. The normalized spacial score (nSPS) is 14.2. The van der Waals surface area contributed by atoms with E-state index in [1.165, 1.54) is 0 Å².